The molecule has 0 radical (unpaired) electrons. The summed E-state index contributed by atoms with van der Waals surface area (Å²) < 4.78 is 5.38. The average molecular weight is 280 g/mol. The summed E-state index contributed by atoms with van der Waals surface area (Å²) >= 11 is 0. The molecule has 0 aliphatic heterocycles. The zero-order chi connectivity index (χ0) is 14.8. The van der Waals surface area contributed by atoms with Crippen LogP contribution in [-0.2, 0) is 12.1 Å². The summed E-state index contributed by atoms with van der Waals surface area (Å²) in [5, 5.41) is 4.01. The van der Waals surface area contributed by atoms with Crippen LogP contribution in [-0.4, -0.2) is 27.6 Å². The minimum absolute atomic E-state index is 0.544. The molecule has 1 saturated carbocycles. The first kappa shape index (κ1) is 15.4. The lowest BCUT2D eigenvalue weighted by atomic mass is 10.1. The van der Waals surface area contributed by atoms with Gasteiger partial charge in [0.05, 0.1) is 12.1 Å². The van der Waals surface area contributed by atoms with E-state index < -0.39 is 5.54 Å². The van der Waals surface area contributed by atoms with Crippen molar-refractivity contribution in [2.75, 3.05) is 6.54 Å². The summed E-state index contributed by atoms with van der Waals surface area (Å²) in [4.78, 5) is 6.95. The molecule has 1 aromatic heterocycles. The van der Waals surface area contributed by atoms with Gasteiger partial charge in [-0.15, -0.1) is 0 Å². The lowest BCUT2D eigenvalue weighted by Gasteiger charge is -2.28. The first-order valence-corrected chi connectivity index (χ1v) is 7.72. The first-order chi connectivity index (χ1) is 9.36. The van der Waals surface area contributed by atoms with E-state index in [1.54, 1.807) is 0 Å². The highest BCUT2D eigenvalue weighted by atomic mass is 16.5. The van der Waals surface area contributed by atoms with Gasteiger partial charge in [-0.05, 0) is 32.6 Å². The minimum atomic E-state index is -0.544. The number of hydrogen-bond acceptors (Lipinski definition) is 5. The van der Waals surface area contributed by atoms with E-state index in [1.807, 2.05) is 13.8 Å². The van der Waals surface area contributed by atoms with Gasteiger partial charge in [0.15, 0.2) is 5.82 Å². The predicted molar refractivity (Wildman–Crippen MR) is 79.0 cm³/mol. The fourth-order valence-electron chi connectivity index (χ4n) is 2.84. The van der Waals surface area contributed by atoms with E-state index >= 15 is 0 Å². The van der Waals surface area contributed by atoms with Gasteiger partial charge in [0, 0.05) is 12.6 Å². The van der Waals surface area contributed by atoms with Crippen molar-refractivity contribution in [3.8, 4) is 0 Å². The van der Waals surface area contributed by atoms with Gasteiger partial charge in [-0.25, -0.2) is 0 Å². The molecule has 1 heterocycles. The van der Waals surface area contributed by atoms with Crippen LogP contribution in [0.25, 0.3) is 0 Å². The highest BCUT2D eigenvalue weighted by Crippen LogP contribution is 2.25. The fourth-order valence-corrected chi connectivity index (χ4v) is 2.84. The van der Waals surface area contributed by atoms with Crippen LogP contribution in [0, 0.1) is 5.92 Å². The summed E-state index contributed by atoms with van der Waals surface area (Å²) in [6, 6.07) is 0.665. The topological polar surface area (TPSA) is 68.2 Å². The molecule has 0 aromatic carbocycles. The fraction of sp³-hybridized carbons (Fsp3) is 0.867. The Morgan fingerprint density at radius 3 is 2.50 bits per heavy atom. The number of rotatable bonds is 6. The molecule has 1 fully saturated rings. The van der Waals surface area contributed by atoms with E-state index in [0.29, 0.717) is 23.7 Å². The maximum atomic E-state index is 6.01. The van der Waals surface area contributed by atoms with Crippen LogP contribution < -0.4 is 5.73 Å². The molecule has 0 spiro atoms. The summed E-state index contributed by atoms with van der Waals surface area (Å²) in [5.41, 5.74) is 5.46. The van der Waals surface area contributed by atoms with Crippen LogP contribution in [0.4, 0.5) is 0 Å². The smallest absolute Gasteiger partial charge is 0.240 e. The van der Waals surface area contributed by atoms with Crippen molar-refractivity contribution in [2.24, 2.45) is 11.7 Å². The predicted octanol–water partition coefficient (Wildman–Crippen LogP) is 2.66. The number of aromatic nitrogens is 2. The highest BCUT2D eigenvalue weighted by Gasteiger charge is 2.26. The Kier molecular flexibility index (Phi) is 4.81. The lowest BCUT2D eigenvalue weighted by molar-refractivity contribution is 0.148. The van der Waals surface area contributed by atoms with Crippen molar-refractivity contribution in [1.29, 1.82) is 0 Å². The van der Waals surface area contributed by atoms with Crippen LogP contribution >= 0.6 is 0 Å². The molecule has 0 saturated heterocycles. The second-order valence-electron chi connectivity index (χ2n) is 6.99. The Morgan fingerprint density at radius 1 is 1.35 bits per heavy atom. The number of nitrogens with two attached hydrogens (primary N) is 1. The largest absolute Gasteiger partial charge is 0.338 e. The first-order valence-electron chi connectivity index (χ1n) is 7.72. The second-order valence-corrected chi connectivity index (χ2v) is 6.99. The molecule has 20 heavy (non-hydrogen) atoms. The summed E-state index contributed by atoms with van der Waals surface area (Å²) in [6.45, 7) is 10.1. The Balaban J connectivity index is 2.05. The quantitative estimate of drug-likeness (QED) is 0.867. The third-order valence-corrected chi connectivity index (χ3v) is 3.82. The van der Waals surface area contributed by atoms with Crippen molar-refractivity contribution in [3.05, 3.63) is 11.7 Å². The summed E-state index contributed by atoms with van der Waals surface area (Å²) in [7, 11) is 0. The second kappa shape index (κ2) is 6.22. The minimum Gasteiger partial charge on any atom is -0.338 e. The van der Waals surface area contributed by atoms with Crippen LogP contribution in [0.5, 0.6) is 0 Å². The Labute approximate surface area is 121 Å². The molecule has 0 unspecified atom stereocenters. The van der Waals surface area contributed by atoms with E-state index in [1.165, 1.54) is 25.7 Å². The van der Waals surface area contributed by atoms with Crippen molar-refractivity contribution in [1.82, 2.24) is 15.0 Å². The molecule has 0 amide bonds. The molecule has 0 bridgehead atoms. The Hall–Kier alpha value is -0.940. The third kappa shape index (κ3) is 4.03. The van der Waals surface area contributed by atoms with Crippen LogP contribution in [0.3, 0.4) is 0 Å². The SMILES string of the molecule is CC(C)CN(Cc1nc(C(C)(C)N)no1)C1CCCC1. The van der Waals surface area contributed by atoms with Gasteiger partial charge in [-0.1, -0.05) is 31.8 Å². The normalized spacial score (nSPS) is 17.6. The summed E-state index contributed by atoms with van der Waals surface area (Å²) in [6.07, 6.45) is 5.25. The molecule has 1 aromatic rings. The Morgan fingerprint density at radius 2 is 2.00 bits per heavy atom. The molecular formula is C15H28N4O. The van der Waals surface area contributed by atoms with Crippen LogP contribution in [0.15, 0.2) is 4.52 Å². The van der Waals surface area contributed by atoms with Gasteiger partial charge < -0.3 is 10.3 Å². The van der Waals surface area contributed by atoms with E-state index in [4.69, 9.17) is 10.3 Å². The van der Waals surface area contributed by atoms with Gasteiger partial charge in [-0.2, -0.15) is 4.98 Å². The number of hydrogen-bond donors (Lipinski definition) is 1. The maximum absolute atomic E-state index is 6.01. The van der Waals surface area contributed by atoms with Crippen LogP contribution in [0.2, 0.25) is 0 Å². The monoisotopic (exact) mass is 280 g/mol. The van der Waals surface area contributed by atoms with E-state index in [0.717, 1.165) is 13.1 Å². The average Bonchev–Trinajstić information content (AvgIpc) is 2.97. The van der Waals surface area contributed by atoms with E-state index in [9.17, 15) is 0 Å². The number of nitrogens with zero attached hydrogens (tertiary/aromatic N) is 3. The van der Waals surface area contributed by atoms with Crippen LogP contribution in [0.1, 0.15) is 65.1 Å². The zero-order valence-electron chi connectivity index (χ0n) is 13.2. The summed E-state index contributed by atoms with van der Waals surface area (Å²) in [5.74, 6) is 1.92. The van der Waals surface area contributed by atoms with E-state index in [2.05, 4.69) is 28.9 Å². The van der Waals surface area contributed by atoms with Gasteiger partial charge in [0.2, 0.25) is 5.89 Å². The molecule has 0 atom stereocenters. The van der Waals surface area contributed by atoms with Crippen molar-refractivity contribution >= 4 is 0 Å². The molecule has 2 rings (SSSR count). The molecule has 5 heteroatoms. The molecule has 2 N–H and O–H groups in total. The van der Waals surface area contributed by atoms with Crippen molar-refractivity contribution in [3.63, 3.8) is 0 Å². The highest BCUT2D eigenvalue weighted by molar-refractivity contribution is 4.99. The third-order valence-electron chi connectivity index (χ3n) is 3.82. The molecule has 1 aliphatic rings. The van der Waals surface area contributed by atoms with Crippen molar-refractivity contribution in [2.45, 2.75) is 71.5 Å². The van der Waals surface area contributed by atoms with Gasteiger partial charge in [0.1, 0.15) is 0 Å². The standard InChI is InChI=1S/C15H28N4O/c1-11(2)9-19(12-7-5-6-8-12)10-13-17-14(18-20-13)15(3,4)16/h11-12H,5-10,16H2,1-4H3. The molecule has 5 nitrogen and oxygen atoms in total. The maximum Gasteiger partial charge on any atom is 0.240 e. The Bertz CT molecular complexity index is 416. The zero-order valence-corrected chi connectivity index (χ0v) is 13.2. The van der Waals surface area contributed by atoms with Gasteiger partial charge in [0.25, 0.3) is 0 Å². The van der Waals surface area contributed by atoms with Gasteiger partial charge >= 0.3 is 0 Å². The lowest BCUT2D eigenvalue weighted by Crippen LogP contribution is -2.36. The van der Waals surface area contributed by atoms with Crippen molar-refractivity contribution < 1.29 is 4.52 Å². The molecular weight excluding hydrogens is 252 g/mol. The molecule has 114 valence electrons. The van der Waals surface area contributed by atoms with Gasteiger partial charge in [-0.3, -0.25) is 4.90 Å². The molecule has 1 aliphatic carbocycles. The van der Waals surface area contributed by atoms with E-state index in [-0.39, 0.29) is 0 Å².